The van der Waals surface area contributed by atoms with Gasteiger partial charge in [0.1, 0.15) is 11.6 Å². The number of aromatic carboxylic acids is 1. The Morgan fingerprint density at radius 2 is 2.05 bits per heavy atom. The molecule has 0 aliphatic carbocycles. The number of ether oxygens (including phenoxy) is 1. The number of carboxylic acids is 1. The largest absolute Gasteiger partial charge is 0.478 e. The maximum Gasteiger partial charge on any atom is 0.338 e. The summed E-state index contributed by atoms with van der Waals surface area (Å²) in [4.78, 5) is 10.7. The number of benzene rings is 2. The molecule has 2 rings (SSSR count). The number of rotatable bonds is 3. The van der Waals surface area contributed by atoms with Crippen molar-refractivity contribution in [1.29, 1.82) is 0 Å². The average molecular weight is 326 g/mol. The lowest BCUT2D eigenvalue weighted by atomic mass is 10.1. The minimum Gasteiger partial charge on any atom is -0.478 e. The standard InChI is InChI=1S/C13H9BrFNO3/c14-7-2-1-3-8(4-7)19-12-6-10(15)9(13(17)18)5-11(12)16/h1-6H,16H2,(H,17,18). The van der Waals surface area contributed by atoms with Gasteiger partial charge in [0.15, 0.2) is 5.75 Å². The summed E-state index contributed by atoms with van der Waals surface area (Å²) in [7, 11) is 0. The van der Waals surface area contributed by atoms with Gasteiger partial charge in [0, 0.05) is 10.5 Å². The Balaban J connectivity index is 2.36. The first-order valence-corrected chi connectivity index (χ1v) is 6.02. The molecule has 0 aliphatic rings. The van der Waals surface area contributed by atoms with Crippen molar-refractivity contribution in [2.75, 3.05) is 5.73 Å². The maximum atomic E-state index is 13.5. The normalized spacial score (nSPS) is 10.2. The Labute approximate surface area is 116 Å². The predicted molar refractivity (Wildman–Crippen MR) is 72.0 cm³/mol. The summed E-state index contributed by atoms with van der Waals surface area (Å²) >= 11 is 3.28. The highest BCUT2D eigenvalue weighted by atomic mass is 79.9. The van der Waals surface area contributed by atoms with E-state index < -0.39 is 17.3 Å². The topological polar surface area (TPSA) is 72.6 Å². The van der Waals surface area contributed by atoms with E-state index in [9.17, 15) is 9.18 Å². The molecule has 4 nitrogen and oxygen atoms in total. The monoisotopic (exact) mass is 325 g/mol. The van der Waals surface area contributed by atoms with Gasteiger partial charge in [0.05, 0.1) is 11.3 Å². The summed E-state index contributed by atoms with van der Waals surface area (Å²) in [6.07, 6.45) is 0. The van der Waals surface area contributed by atoms with Gasteiger partial charge < -0.3 is 15.6 Å². The molecule has 98 valence electrons. The van der Waals surface area contributed by atoms with Gasteiger partial charge in [-0.3, -0.25) is 0 Å². The van der Waals surface area contributed by atoms with Gasteiger partial charge in [-0.1, -0.05) is 22.0 Å². The van der Waals surface area contributed by atoms with Crippen LogP contribution in [0.4, 0.5) is 10.1 Å². The van der Waals surface area contributed by atoms with Crippen LogP contribution in [-0.4, -0.2) is 11.1 Å². The van der Waals surface area contributed by atoms with Crippen LogP contribution in [0.25, 0.3) is 0 Å². The van der Waals surface area contributed by atoms with E-state index in [4.69, 9.17) is 15.6 Å². The van der Waals surface area contributed by atoms with Crippen LogP contribution in [-0.2, 0) is 0 Å². The van der Waals surface area contributed by atoms with E-state index >= 15 is 0 Å². The summed E-state index contributed by atoms with van der Waals surface area (Å²) in [5, 5.41) is 8.76. The fourth-order valence-electron chi connectivity index (χ4n) is 1.48. The average Bonchev–Trinajstić information content (AvgIpc) is 2.33. The van der Waals surface area contributed by atoms with Crippen molar-refractivity contribution in [2.24, 2.45) is 0 Å². The molecule has 0 unspecified atom stereocenters. The first-order chi connectivity index (χ1) is 8.97. The van der Waals surface area contributed by atoms with Gasteiger partial charge in [0.25, 0.3) is 0 Å². The molecule has 0 atom stereocenters. The van der Waals surface area contributed by atoms with E-state index in [1.807, 2.05) is 6.07 Å². The molecule has 0 spiro atoms. The van der Waals surface area contributed by atoms with E-state index in [0.717, 1.165) is 16.6 Å². The highest BCUT2D eigenvalue weighted by Gasteiger charge is 2.15. The second kappa shape index (κ2) is 5.27. The van der Waals surface area contributed by atoms with Crippen LogP contribution in [0, 0.1) is 5.82 Å². The van der Waals surface area contributed by atoms with Crippen molar-refractivity contribution in [3.05, 3.63) is 52.3 Å². The second-order valence-electron chi connectivity index (χ2n) is 3.73. The molecular weight excluding hydrogens is 317 g/mol. The van der Waals surface area contributed by atoms with Gasteiger partial charge in [-0.05, 0) is 24.3 Å². The van der Waals surface area contributed by atoms with Crippen LogP contribution in [0.5, 0.6) is 11.5 Å². The van der Waals surface area contributed by atoms with Crippen molar-refractivity contribution >= 4 is 27.6 Å². The summed E-state index contributed by atoms with van der Waals surface area (Å²) in [6, 6.07) is 8.91. The lowest BCUT2D eigenvalue weighted by molar-refractivity contribution is 0.0692. The van der Waals surface area contributed by atoms with Crippen molar-refractivity contribution in [3.63, 3.8) is 0 Å². The van der Waals surface area contributed by atoms with E-state index in [2.05, 4.69) is 15.9 Å². The molecule has 0 radical (unpaired) electrons. The number of carboxylic acid groups (broad SMARTS) is 1. The quantitative estimate of drug-likeness (QED) is 0.844. The van der Waals surface area contributed by atoms with E-state index in [1.54, 1.807) is 18.2 Å². The van der Waals surface area contributed by atoms with Crippen LogP contribution in [0.1, 0.15) is 10.4 Å². The summed E-state index contributed by atoms with van der Waals surface area (Å²) in [5.41, 5.74) is 5.21. The van der Waals surface area contributed by atoms with Crippen molar-refractivity contribution in [1.82, 2.24) is 0 Å². The second-order valence-corrected chi connectivity index (χ2v) is 4.65. The Kier molecular flexibility index (Phi) is 3.71. The molecule has 2 aromatic rings. The molecule has 0 aromatic heterocycles. The van der Waals surface area contributed by atoms with Crippen LogP contribution in [0.2, 0.25) is 0 Å². The predicted octanol–water partition coefficient (Wildman–Crippen LogP) is 3.66. The summed E-state index contributed by atoms with van der Waals surface area (Å²) in [6.45, 7) is 0. The number of carbonyl (C=O) groups is 1. The first kappa shape index (κ1) is 13.4. The molecule has 0 saturated heterocycles. The van der Waals surface area contributed by atoms with Crippen LogP contribution < -0.4 is 10.5 Å². The number of hydrogen-bond acceptors (Lipinski definition) is 3. The Morgan fingerprint density at radius 1 is 1.32 bits per heavy atom. The van der Waals surface area contributed by atoms with Crippen LogP contribution in [0.15, 0.2) is 40.9 Å². The lowest BCUT2D eigenvalue weighted by Gasteiger charge is -2.10. The molecule has 0 heterocycles. The minimum absolute atomic E-state index is 0.0544. The molecular formula is C13H9BrFNO3. The van der Waals surface area contributed by atoms with Crippen molar-refractivity contribution in [3.8, 4) is 11.5 Å². The molecule has 0 amide bonds. The van der Waals surface area contributed by atoms with Crippen LogP contribution >= 0.6 is 15.9 Å². The number of hydrogen-bond donors (Lipinski definition) is 2. The zero-order chi connectivity index (χ0) is 14.0. The van der Waals surface area contributed by atoms with Gasteiger partial charge in [-0.25, -0.2) is 9.18 Å². The van der Waals surface area contributed by atoms with Crippen molar-refractivity contribution in [2.45, 2.75) is 0 Å². The highest BCUT2D eigenvalue weighted by Crippen LogP contribution is 2.31. The third kappa shape index (κ3) is 3.03. The maximum absolute atomic E-state index is 13.5. The number of nitrogens with two attached hydrogens (primary N) is 1. The Hall–Kier alpha value is -2.08. The molecule has 0 fully saturated rings. The van der Waals surface area contributed by atoms with Gasteiger partial charge in [0.2, 0.25) is 0 Å². The molecule has 19 heavy (non-hydrogen) atoms. The van der Waals surface area contributed by atoms with E-state index in [0.29, 0.717) is 5.75 Å². The third-order valence-corrected chi connectivity index (χ3v) is 2.85. The fourth-order valence-corrected chi connectivity index (χ4v) is 1.86. The SMILES string of the molecule is Nc1cc(C(=O)O)c(F)cc1Oc1cccc(Br)c1. The third-order valence-electron chi connectivity index (χ3n) is 2.35. The molecule has 0 aliphatic heterocycles. The fraction of sp³-hybridized carbons (Fsp3) is 0. The van der Waals surface area contributed by atoms with Gasteiger partial charge in [-0.15, -0.1) is 0 Å². The summed E-state index contributed by atoms with van der Waals surface area (Å²) in [5.74, 6) is -1.74. The molecule has 2 aromatic carbocycles. The lowest BCUT2D eigenvalue weighted by Crippen LogP contribution is -2.03. The van der Waals surface area contributed by atoms with E-state index in [1.165, 1.54) is 0 Å². The van der Waals surface area contributed by atoms with Gasteiger partial charge in [-0.2, -0.15) is 0 Å². The van der Waals surface area contributed by atoms with Crippen LogP contribution in [0.3, 0.4) is 0 Å². The highest BCUT2D eigenvalue weighted by molar-refractivity contribution is 9.10. The Morgan fingerprint density at radius 3 is 2.68 bits per heavy atom. The molecule has 0 saturated carbocycles. The molecule has 0 bridgehead atoms. The van der Waals surface area contributed by atoms with E-state index in [-0.39, 0.29) is 11.4 Å². The zero-order valence-electron chi connectivity index (χ0n) is 9.56. The zero-order valence-corrected chi connectivity index (χ0v) is 11.1. The smallest absolute Gasteiger partial charge is 0.338 e. The number of nitrogen functional groups attached to an aromatic ring is 1. The molecule has 3 N–H and O–H groups in total. The van der Waals surface area contributed by atoms with Crippen molar-refractivity contribution < 1.29 is 19.0 Å². The number of halogens is 2. The molecule has 6 heteroatoms. The summed E-state index contributed by atoms with van der Waals surface area (Å²) < 4.78 is 19.8. The first-order valence-electron chi connectivity index (χ1n) is 5.23. The number of anilines is 1. The Bertz CT molecular complexity index is 646. The van der Waals surface area contributed by atoms with Gasteiger partial charge >= 0.3 is 5.97 Å². The minimum atomic E-state index is -1.38.